The van der Waals surface area contributed by atoms with E-state index < -0.39 is 0 Å². The van der Waals surface area contributed by atoms with Crippen LogP contribution in [-0.4, -0.2) is 28.2 Å². The third-order valence-electron chi connectivity index (χ3n) is 4.43. The number of phenols is 1. The Morgan fingerprint density at radius 3 is 2.74 bits per heavy atom. The zero-order valence-corrected chi connectivity index (χ0v) is 14.0. The summed E-state index contributed by atoms with van der Waals surface area (Å²) < 4.78 is 0. The lowest BCUT2D eigenvalue weighted by atomic mass is 9.99. The molecule has 1 saturated heterocycles. The van der Waals surface area contributed by atoms with Gasteiger partial charge in [-0.1, -0.05) is 19.1 Å². The Labute approximate surface area is 138 Å². The van der Waals surface area contributed by atoms with Crippen molar-refractivity contribution in [1.82, 2.24) is 9.97 Å². The van der Waals surface area contributed by atoms with Crippen LogP contribution in [-0.2, 0) is 12.8 Å². The largest absolute Gasteiger partial charge is 0.508 e. The average molecular weight is 311 g/mol. The molecule has 0 radical (unpaired) electrons. The van der Waals surface area contributed by atoms with E-state index in [2.05, 4.69) is 22.9 Å². The van der Waals surface area contributed by atoms with E-state index in [1.54, 1.807) is 12.1 Å². The number of anilines is 1. The molecular weight excluding hydrogens is 286 g/mol. The van der Waals surface area contributed by atoms with Crippen LogP contribution in [0.2, 0.25) is 0 Å². The highest BCUT2D eigenvalue weighted by Crippen LogP contribution is 2.26. The standard InChI is InChI=1S/C19H25N3O/c1-3-4-18-20-14(2)11-19(21-18)22-10-9-16(13-22)12-15-5-7-17(23)8-6-15/h5-8,11,16,23H,3-4,9-10,12-13H2,1-2H3. The van der Waals surface area contributed by atoms with Gasteiger partial charge in [0.25, 0.3) is 0 Å². The fourth-order valence-corrected chi connectivity index (χ4v) is 3.28. The first-order valence-electron chi connectivity index (χ1n) is 8.51. The highest BCUT2D eigenvalue weighted by atomic mass is 16.3. The Kier molecular flexibility index (Phi) is 4.79. The van der Waals surface area contributed by atoms with Gasteiger partial charge in [-0.25, -0.2) is 9.97 Å². The molecule has 1 fully saturated rings. The molecule has 4 nitrogen and oxygen atoms in total. The molecule has 1 aliphatic rings. The Morgan fingerprint density at radius 2 is 2.00 bits per heavy atom. The summed E-state index contributed by atoms with van der Waals surface area (Å²) in [4.78, 5) is 11.7. The molecule has 1 unspecified atom stereocenters. The van der Waals surface area contributed by atoms with Gasteiger partial charge in [-0.15, -0.1) is 0 Å². The second-order valence-corrected chi connectivity index (χ2v) is 6.51. The topological polar surface area (TPSA) is 49.2 Å². The van der Waals surface area contributed by atoms with E-state index in [1.165, 1.54) is 12.0 Å². The van der Waals surface area contributed by atoms with Crippen LogP contribution >= 0.6 is 0 Å². The third-order valence-corrected chi connectivity index (χ3v) is 4.43. The molecule has 0 aliphatic carbocycles. The van der Waals surface area contributed by atoms with E-state index in [9.17, 15) is 5.11 Å². The zero-order chi connectivity index (χ0) is 16.2. The monoisotopic (exact) mass is 311 g/mol. The third kappa shape index (κ3) is 4.01. The van der Waals surface area contributed by atoms with Crippen molar-refractivity contribution < 1.29 is 5.11 Å². The number of rotatable bonds is 5. The Hall–Kier alpha value is -2.10. The highest BCUT2D eigenvalue weighted by molar-refractivity contribution is 5.41. The van der Waals surface area contributed by atoms with Gasteiger partial charge >= 0.3 is 0 Å². The van der Waals surface area contributed by atoms with Crippen LogP contribution in [0.4, 0.5) is 5.82 Å². The number of benzene rings is 1. The lowest BCUT2D eigenvalue weighted by molar-refractivity contribution is 0.474. The maximum atomic E-state index is 9.38. The molecule has 1 aliphatic heterocycles. The van der Waals surface area contributed by atoms with Gasteiger partial charge in [0.2, 0.25) is 0 Å². The minimum Gasteiger partial charge on any atom is -0.508 e. The Bertz CT molecular complexity index is 654. The minimum absolute atomic E-state index is 0.335. The number of nitrogens with zero attached hydrogens (tertiary/aromatic N) is 3. The molecule has 0 saturated carbocycles. The molecule has 4 heteroatoms. The summed E-state index contributed by atoms with van der Waals surface area (Å²) in [5.74, 6) is 3.02. The number of aromatic nitrogens is 2. The molecule has 122 valence electrons. The predicted molar refractivity (Wildman–Crippen MR) is 92.9 cm³/mol. The van der Waals surface area contributed by atoms with Crippen molar-refractivity contribution in [3.8, 4) is 5.75 Å². The van der Waals surface area contributed by atoms with Crippen molar-refractivity contribution >= 4 is 5.82 Å². The van der Waals surface area contributed by atoms with Crippen LogP contribution in [0.1, 0.15) is 36.8 Å². The van der Waals surface area contributed by atoms with Gasteiger partial charge in [-0.3, -0.25) is 0 Å². The van der Waals surface area contributed by atoms with E-state index in [1.807, 2.05) is 19.1 Å². The molecule has 1 atom stereocenters. The van der Waals surface area contributed by atoms with Crippen molar-refractivity contribution in [3.63, 3.8) is 0 Å². The van der Waals surface area contributed by atoms with Gasteiger partial charge in [-0.2, -0.15) is 0 Å². The molecule has 0 spiro atoms. The predicted octanol–water partition coefficient (Wildman–Crippen LogP) is 3.51. The van der Waals surface area contributed by atoms with Crippen LogP contribution in [0.5, 0.6) is 5.75 Å². The van der Waals surface area contributed by atoms with Gasteiger partial charge in [0.1, 0.15) is 17.4 Å². The van der Waals surface area contributed by atoms with Crippen molar-refractivity contribution in [3.05, 3.63) is 47.4 Å². The van der Waals surface area contributed by atoms with Gasteiger partial charge < -0.3 is 10.0 Å². The van der Waals surface area contributed by atoms with Crippen molar-refractivity contribution in [2.45, 2.75) is 39.5 Å². The van der Waals surface area contributed by atoms with E-state index in [4.69, 9.17) is 4.98 Å². The Morgan fingerprint density at radius 1 is 1.22 bits per heavy atom. The van der Waals surface area contributed by atoms with Crippen molar-refractivity contribution in [2.75, 3.05) is 18.0 Å². The van der Waals surface area contributed by atoms with Gasteiger partial charge in [0, 0.05) is 31.3 Å². The summed E-state index contributed by atoms with van der Waals surface area (Å²) >= 11 is 0. The van der Waals surface area contributed by atoms with E-state index in [0.717, 1.165) is 49.7 Å². The van der Waals surface area contributed by atoms with Gasteiger partial charge in [0.05, 0.1) is 0 Å². The number of aryl methyl sites for hydroxylation is 2. The quantitative estimate of drug-likeness (QED) is 0.918. The first kappa shape index (κ1) is 15.8. The average Bonchev–Trinajstić information content (AvgIpc) is 2.98. The maximum absolute atomic E-state index is 9.38. The molecule has 1 aromatic carbocycles. The zero-order valence-electron chi connectivity index (χ0n) is 14.0. The van der Waals surface area contributed by atoms with E-state index in [-0.39, 0.29) is 0 Å². The summed E-state index contributed by atoms with van der Waals surface area (Å²) in [6.45, 7) is 6.32. The molecule has 0 amide bonds. The SMILES string of the molecule is CCCc1nc(C)cc(N2CCC(Cc3ccc(O)cc3)C2)n1. The van der Waals surface area contributed by atoms with E-state index in [0.29, 0.717) is 11.7 Å². The first-order valence-corrected chi connectivity index (χ1v) is 8.51. The summed E-state index contributed by atoms with van der Waals surface area (Å²) in [5, 5.41) is 9.38. The van der Waals surface area contributed by atoms with E-state index >= 15 is 0 Å². The van der Waals surface area contributed by atoms with Crippen molar-refractivity contribution in [1.29, 1.82) is 0 Å². The fraction of sp³-hybridized carbons (Fsp3) is 0.474. The summed E-state index contributed by atoms with van der Waals surface area (Å²) in [7, 11) is 0. The molecule has 2 heterocycles. The molecule has 23 heavy (non-hydrogen) atoms. The van der Waals surface area contributed by atoms with Crippen LogP contribution < -0.4 is 4.90 Å². The van der Waals surface area contributed by atoms with Crippen LogP contribution in [0.25, 0.3) is 0 Å². The number of aromatic hydroxyl groups is 1. The lowest BCUT2D eigenvalue weighted by Gasteiger charge is -2.19. The molecular formula is C19H25N3O. The van der Waals surface area contributed by atoms with Crippen LogP contribution in [0, 0.1) is 12.8 Å². The van der Waals surface area contributed by atoms with Gasteiger partial charge in [0.15, 0.2) is 0 Å². The number of hydrogen-bond donors (Lipinski definition) is 1. The normalized spacial score (nSPS) is 17.7. The van der Waals surface area contributed by atoms with Crippen LogP contribution in [0.3, 0.4) is 0 Å². The first-order chi connectivity index (χ1) is 11.1. The smallest absolute Gasteiger partial charge is 0.132 e. The second-order valence-electron chi connectivity index (χ2n) is 6.51. The molecule has 1 N–H and O–H groups in total. The fourth-order valence-electron chi connectivity index (χ4n) is 3.28. The number of hydrogen-bond acceptors (Lipinski definition) is 4. The summed E-state index contributed by atoms with van der Waals surface area (Å²) in [6.07, 6.45) is 4.27. The lowest BCUT2D eigenvalue weighted by Crippen LogP contribution is -2.22. The molecule has 2 aromatic rings. The number of phenolic OH excluding ortho intramolecular Hbond substituents is 1. The minimum atomic E-state index is 0.335. The highest BCUT2D eigenvalue weighted by Gasteiger charge is 2.24. The van der Waals surface area contributed by atoms with Crippen molar-refractivity contribution in [2.24, 2.45) is 5.92 Å². The molecule has 0 bridgehead atoms. The van der Waals surface area contributed by atoms with Crippen LogP contribution in [0.15, 0.2) is 30.3 Å². The Balaban J connectivity index is 1.66. The molecule has 1 aromatic heterocycles. The maximum Gasteiger partial charge on any atom is 0.132 e. The second kappa shape index (κ2) is 6.99. The van der Waals surface area contributed by atoms with Gasteiger partial charge in [-0.05, 0) is 49.8 Å². The summed E-state index contributed by atoms with van der Waals surface area (Å²) in [6, 6.07) is 9.68. The molecule has 3 rings (SSSR count). The summed E-state index contributed by atoms with van der Waals surface area (Å²) in [5.41, 5.74) is 2.35.